The zero-order chi connectivity index (χ0) is 13.9. The van der Waals surface area contributed by atoms with E-state index in [1.54, 1.807) is 24.4 Å². The number of carboxylic acids is 1. The van der Waals surface area contributed by atoms with Gasteiger partial charge in [-0.1, -0.05) is 18.2 Å². The van der Waals surface area contributed by atoms with Gasteiger partial charge in [0.25, 0.3) is 0 Å². The Bertz CT molecular complexity index is 756. The molecule has 0 aliphatic rings. The van der Waals surface area contributed by atoms with E-state index in [1.807, 2.05) is 11.4 Å². The van der Waals surface area contributed by atoms with Crippen molar-refractivity contribution in [2.75, 3.05) is 0 Å². The fourth-order valence-electron chi connectivity index (χ4n) is 1.92. The highest BCUT2D eigenvalue weighted by molar-refractivity contribution is 7.09. The molecule has 3 rings (SSSR count). The molecular weight excluding hydrogens is 276 g/mol. The number of thiazole rings is 1. The Balaban J connectivity index is 2.01. The van der Waals surface area contributed by atoms with E-state index in [0.29, 0.717) is 10.9 Å². The number of hydrogen-bond donors (Lipinski definition) is 1. The van der Waals surface area contributed by atoms with Crippen molar-refractivity contribution in [3.63, 3.8) is 0 Å². The molecule has 3 aromatic rings. The molecule has 6 heteroatoms. The number of benzene rings is 1. The first kappa shape index (κ1) is 12.6. The van der Waals surface area contributed by atoms with Gasteiger partial charge < -0.3 is 9.84 Å². The average Bonchev–Trinajstić information content (AvgIpc) is 2.97. The largest absolute Gasteiger partial charge is 0.484 e. The summed E-state index contributed by atoms with van der Waals surface area (Å²) in [6, 6.07) is 7.09. The van der Waals surface area contributed by atoms with Crippen molar-refractivity contribution in [3.8, 4) is 5.75 Å². The van der Waals surface area contributed by atoms with Crippen LogP contribution < -0.4 is 4.74 Å². The van der Waals surface area contributed by atoms with Crippen LogP contribution in [-0.4, -0.2) is 21.0 Å². The Morgan fingerprint density at radius 3 is 2.90 bits per heavy atom. The number of para-hydroxylation sites is 1. The van der Waals surface area contributed by atoms with Crippen molar-refractivity contribution >= 4 is 28.2 Å². The monoisotopic (exact) mass is 286 g/mol. The van der Waals surface area contributed by atoms with Gasteiger partial charge in [-0.15, -0.1) is 11.3 Å². The number of carbonyl (C=O) groups is 1. The molecule has 0 unspecified atom stereocenters. The number of hydrogen-bond acceptors (Lipinski definition) is 5. The quantitative estimate of drug-likeness (QED) is 0.798. The van der Waals surface area contributed by atoms with E-state index in [0.717, 1.165) is 5.01 Å². The lowest BCUT2D eigenvalue weighted by molar-refractivity contribution is 0.0694. The van der Waals surface area contributed by atoms with Crippen LogP contribution in [0, 0.1) is 0 Å². The minimum absolute atomic E-state index is 0.132. The van der Waals surface area contributed by atoms with Crippen LogP contribution in [0.2, 0.25) is 0 Å². The molecule has 0 atom stereocenters. The van der Waals surface area contributed by atoms with Crippen LogP contribution in [0.4, 0.5) is 0 Å². The van der Waals surface area contributed by atoms with E-state index >= 15 is 0 Å². The summed E-state index contributed by atoms with van der Waals surface area (Å²) in [4.78, 5) is 19.8. The van der Waals surface area contributed by atoms with E-state index in [9.17, 15) is 9.90 Å². The van der Waals surface area contributed by atoms with Crippen LogP contribution in [-0.2, 0) is 6.61 Å². The number of carboxylic acid groups (broad SMARTS) is 1. The predicted molar refractivity (Wildman–Crippen MR) is 75.1 cm³/mol. The Kier molecular flexibility index (Phi) is 3.30. The Hall–Kier alpha value is -2.47. The van der Waals surface area contributed by atoms with Gasteiger partial charge in [-0.2, -0.15) is 0 Å². The second kappa shape index (κ2) is 5.26. The first-order chi connectivity index (χ1) is 9.75. The fourth-order valence-corrected chi connectivity index (χ4v) is 2.44. The van der Waals surface area contributed by atoms with Gasteiger partial charge in [0, 0.05) is 17.0 Å². The molecule has 1 aromatic carbocycles. The maximum Gasteiger partial charge on any atom is 0.340 e. The normalized spacial score (nSPS) is 10.6. The highest BCUT2D eigenvalue weighted by Crippen LogP contribution is 2.27. The molecule has 0 aliphatic carbocycles. The van der Waals surface area contributed by atoms with Crippen molar-refractivity contribution in [1.29, 1.82) is 0 Å². The third-order valence-electron chi connectivity index (χ3n) is 2.79. The van der Waals surface area contributed by atoms with Crippen molar-refractivity contribution in [2.24, 2.45) is 0 Å². The number of aromatic nitrogens is 2. The van der Waals surface area contributed by atoms with Crippen molar-refractivity contribution in [3.05, 3.63) is 52.6 Å². The maximum absolute atomic E-state index is 11.5. The minimum Gasteiger partial charge on any atom is -0.484 e. The smallest absolute Gasteiger partial charge is 0.340 e. The molecule has 0 radical (unpaired) electrons. The third-order valence-corrected chi connectivity index (χ3v) is 3.54. The van der Waals surface area contributed by atoms with Gasteiger partial charge in [0.05, 0.1) is 11.7 Å². The van der Waals surface area contributed by atoms with Gasteiger partial charge in [-0.05, 0) is 6.07 Å². The Labute approximate surface area is 118 Å². The molecule has 0 bridgehead atoms. The lowest BCUT2D eigenvalue weighted by atomic mass is 10.1. The number of nitrogens with zero attached hydrogens (tertiary/aromatic N) is 2. The Morgan fingerprint density at radius 2 is 2.15 bits per heavy atom. The zero-order valence-corrected chi connectivity index (χ0v) is 11.1. The SMILES string of the molecule is O=C(O)c1c(OCc2nccs2)cnc2ccccc12. The summed E-state index contributed by atoms with van der Waals surface area (Å²) in [7, 11) is 0. The molecule has 5 nitrogen and oxygen atoms in total. The molecule has 0 amide bonds. The standard InChI is InChI=1S/C14H10N2O3S/c17-14(18)13-9-3-1-2-4-10(9)16-7-11(13)19-8-12-15-5-6-20-12/h1-7H,8H2,(H,17,18). The summed E-state index contributed by atoms with van der Waals surface area (Å²) < 4.78 is 5.56. The van der Waals surface area contributed by atoms with Gasteiger partial charge in [0.2, 0.25) is 0 Å². The van der Waals surface area contributed by atoms with Crippen LogP contribution in [0.5, 0.6) is 5.75 Å². The molecule has 20 heavy (non-hydrogen) atoms. The minimum atomic E-state index is -1.03. The lowest BCUT2D eigenvalue weighted by Crippen LogP contribution is -2.05. The van der Waals surface area contributed by atoms with Gasteiger partial charge in [0.1, 0.15) is 17.2 Å². The van der Waals surface area contributed by atoms with Crippen LogP contribution in [0.1, 0.15) is 15.4 Å². The summed E-state index contributed by atoms with van der Waals surface area (Å²) in [6.45, 7) is 0.234. The molecule has 2 aromatic heterocycles. The molecule has 0 fully saturated rings. The summed E-state index contributed by atoms with van der Waals surface area (Å²) >= 11 is 1.46. The Morgan fingerprint density at radius 1 is 1.30 bits per heavy atom. The molecule has 2 heterocycles. The molecule has 0 saturated carbocycles. The first-order valence-corrected chi connectivity index (χ1v) is 6.76. The van der Waals surface area contributed by atoms with E-state index < -0.39 is 5.97 Å². The molecule has 1 N–H and O–H groups in total. The molecule has 0 aliphatic heterocycles. The number of aromatic carboxylic acids is 1. The van der Waals surface area contributed by atoms with Crippen molar-refractivity contribution < 1.29 is 14.6 Å². The van der Waals surface area contributed by atoms with E-state index in [1.165, 1.54) is 17.5 Å². The second-order valence-corrected chi connectivity index (χ2v) is 5.01. The topological polar surface area (TPSA) is 72.3 Å². The van der Waals surface area contributed by atoms with E-state index in [2.05, 4.69) is 9.97 Å². The van der Waals surface area contributed by atoms with Gasteiger partial charge in [-0.25, -0.2) is 9.78 Å². The average molecular weight is 286 g/mol. The van der Waals surface area contributed by atoms with Crippen LogP contribution in [0.15, 0.2) is 42.0 Å². The lowest BCUT2D eigenvalue weighted by Gasteiger charge is -2.09. The fraction of sp³-hybridized carbons (Fsp3) is 0.0714. The highest BCUT2D eigenvalue weighted by atomic mass is 32.1. The van der Waals surface area contributed by atoms with Crippen LogP contribution in [0.3, 0.4) is 0 Å². The molecule has 0 saturated heterocycles. The zero-order valence-electron chi connectivity index (χ0n) is 10.3. The number of pyridine rings is 1. The molecule has 100 valence electrons. The van der Waals surface area contributed by atoms with Crippen LogP contribution in [0.25, 0.3) is 10.9 Å². The number of rotatable bonds is 4. The van der Waals surface area contributed by atoms with E-state index in [4.69, 9.17) is 4.74 Å². The van der Waals surface area contributed by atoms with Crippen LogP contribution >= 0.6 is 11.3 Å². The summed E-state index contributed by atoms with van der Waals surface area (Å²) in [5, 5.41) is 12.6. The summed E-state index contributed by atoms with van der Waals surface area (Å²) in [5.74, 6) is -0.774. The number of ether oxygens (including phenoxy) is 1. The maximum atomic E-state index is 11.5. The summed E-state index contributed by atoms with van der Waals surface area (Å²) in [6.07, 6.45) is 3.12. The third kappa shape index (κ3) is 2.33. The predicted octanol–water partition coefficient (Wildman–Crippen LogP) is 2.97. The number of fused-ring (bicyclic) bond motifs is 1. The molecular formula is C14H10N2O3S. The highest BCUT2D eigenvalue weighted by Gasteiger charge is 2.16. The summed E-state index contributed by atoms with van der Waals surface area (Å²) in [5.41, 5.74) is 0.763. The van der Waals surface area contributed by atoms with Gasteiger partial charge in [0.15, 0.2) is 5.75 Å². The van der Waals surface area contributed by atoms with Crippen molar-refractivity contribution in [1.82, 2.24) is 9.97 Å². The van der Waals surface area contributed by atoms with E-state index in [-0.39, 0.29) is 17.9 Å². The van der Waals surface area contributed by atoms with Gasteiger partial charge >= 0.3 is 5.97 Å². The molecule has 0 spiro atoms. The first-order valence-electron chi connectivity index (χ1n) is 5.88. The van der Waals surface area contributed by atoms with Crippen molar-refractivity contribution in [2.45, 2.75) is 6.61 Å². The second-order valence-electron chi connectivity index (χ2n) is 4.03. The van der Waals surface area contributed by atoms with Gasteiger partial charge in [-0.3, -0.25) is 4.98 Å².